The largest absolute Gasteiger partial charge is 0.495 e. The summed E-state index contributed by atoms with van der Waals surface area (Å²) in [6.07, 6.45) is 4.19. The molecule has 0 atom stereocenters. The lowest BCUT2D eigenvalue weighted by Gasteiger charge is -2.13. The van der Waals surface area contributed by atoms with Crippen molar-refractivity contribution in [3.05, 3.63) is 35.4 Å². The molecular formula is C14H16ClN3O3. The Labute approximate surface area is 127 Å². The van der Waals surface area contributed by atoms with E-state index < -0.39 is 0 Å². The summed E-state index contributed by atoms with van der Waals surface area (Å²) < 4.78 is 10.3. The Morgan fingerprint density at radius 2 is 2.10 bits per heavy atom. The Kier molecular flexibility index (Phi) is 5.05. The van der Waals surface area contributed by atoms with Gasteiger partial charge in [-0.3, -0.25) is 4.79 Å². The summed E-state index contributed by atoms with van der Waals surface area (Å²) in [4.78, 5) is 18.8. The topological polar surface area (TPSA) is 76.2 Å². The highest BCUT2D eigenvalue weighted by atomic mass is 35.5. The van der Waals surface area contributed by atoms with Gasteiger partial charge in [0, 0.05) is 30.4 Å². The number of nitrogens with one attached hydrogen (secondary N) is 2. The molecule has 2 aromatic rings. The van der Waals surface area contributed by atoms with Gasteiger partial charge >= 0.3 is 0 Å². The molecule has 7 heteroatoms. The van der Waals surface area contributed by atoms with E-state index in [9.17, 15) is 4.79 Å². The lowest BCUT2D eigenvalue weighted by Crippen LogP contribution is -2.13. The molecule has 21 heavy (non-hydrogen) atoms. The van der Waals surface area contributed by atoms with Crippen LogP contribution >= 0.6 is 11.6 Å². The van der Waals surface area contributed by atoms with E-state index in [4.69, 9.17) is 21.1 Å². The first-order valence-corrected chi connectivity index (χ1v) is 6.70. The molecule has 0 aliphatic heterocycles. The molecule has 0 aliphatic carbocycles. The van der Waals surface area contributed by atoms with E-state index in [2.05, 4.69) is 15.3 Å². The first kappa shape index (κ1) is 15.2. The summed E-state index contributed by atoms with van der Waals surface area (Å²) in [6.45, 7) is 0. The van der Waals surface area contributed by atoms with Gasteiger partial charge in [0.1, 0.15) is 11.5 Å². The van der Waals surface area contributed by atoms with Gasteiger partial charge in [0.2, 0.25) is 5.91 Å². The zero-order valence-electron chi connectivity index (χ0n) is 11.8. The highest BCUT2D eigenvalue weighted by Gasteiger charge is 2.12. The Morgan fingerprint density at radius 3 is 2.71 bits per heavy atom. The second kappa shape index (κ2) is 6.99. The number of carbonyl (C=O) groups excluding carboxylic acids is 1. The van der Waals surface area contributed by atoms with Crippen LogP contribution in [0, 0.1) is 0 Å². The van der Waals surface area contributed by atoms with Crippen LogP contribution in [0.3, 0.4) is 0 Å². The van der Waals surface area contributed by atoms with Gasteiger partial charge in [-0.25, -0.2) is 4.98 Å². The molecule has 112 valence electrons. The molecule has 0 aliphatic rings. The van der Waals surface area contributed by atoms with E-state index in [1.165, 1.54) is 14.2 Å². The first-order valence-electron chi connectivity index (χ1n) is 6.32. The fourth-order valence-corrected chi connectivity index (χ4v) is 2.07. The van der Waals surface area contributed by atoms with Crippen LogP contribution in [-0.2, 0) is 11.2 Å². The molecule has 1 heterocycles. The minimum Gasteiger partial charge on any atom is -0.495 e. The van der Waals surface area contributed by atoms with Gasteiger partial charge in [0.05, 0.1) is 31.3 Å². The van der Waals surface area contributed by atoms with Crippen molar-refractivity contribution in [2.45, 2.75) is 12.8 Å². The number of rotatable bonds is 6. The maximum absolute atomic E-state index is 12.0. The fourth-order valence-electron chi connectivity index (χ4n) is 1.84. The average molecular weight is 310 g/mol. The molecule has 1 amide bonds. The third-order valence-corrected chi connectivity index (χ3v) is 3.22. The quantitative estimate of drug-likeness (QED) is 0.860. The van der Waals surface area contributed by atoms with Crippen LogP contribution < -0.4 is 14.8 Å². The van der Waals surface area contributed by atoms with Crippen molar-refractivity contribution in [2.75, 3.05) is 19.5 Å². The number of imidazole rings is 1. The van der Waals surface area contributed by atoms with Gasteiger partial charge in [-0.1, -0.05) is 11.6 Å². The molecule has 0 fully saturated rings. The van der Waals surface area contributed by atoms with Crippen LogP contribution in [0.25, 0.3) is 0 Å². The van der Waals surface area contributed by atoms with Crippen LogP contribution in [0.1, 0.15) is 12.1 Å². The zero-order chi connectivity index (χ0) is 15.2. The van der Waals surface area contributed by atoms with E-state index >= 15 is 0 Å². The highest BCUT2D eigenvalue weighted by Crippen LogP contribution is 2.35. The molecule has 0 spiro atoms. The zero-order valence-corrected chi connectivity index (χ0v) is 12.5. The van der Waals surface area contributed by atoms with E-state index in [1.54, 1.807) is 24.7 Å². The van der Waals surface area contributed by atoms with Crippen molar-refractivity contribution in [3.8, 4) is 11.5 Å². The average Bonchev–Trinajstić information content (AvgIpc) is 2.99. The Bertz CT molecular complexity index is 614. The number of H-pyrrole nitrogens is 1. The molecule has 1 aromatic carbocycles. The number of amides is 1. The highest BCUT2D eigenvalue weighted by molar-refractivity contribution is 6.32. The number of halogens is 1. The number of methoxy groups -OCH3 is 2. The van der Waals surface area contributed by atoms with Crippen molar-refractivity contribution in [3.63, 3.8) is 0 Å². The smallest absolute Gasteiger partial charge is 0.224 e. The van der Waals surface area contributed by atoms with Crippen LogP contribution in [0.2, 0.25) is 5.02 Å². The van der Waals surface area contributed by atoms with Crippen LogP contribution in [0.15, 0.2) is 24.7 Å². The Morgan fingerprint density at radius 1 is 1.33 bits per heavy atom. The number of benzene rings is 1. The summed E-state index contributed by atoms with van der Waals surface area (Å²) >= 11 is 6.02. The van der Waals surface area contributed by atoms with E-state index in [0.717, 1.165) is 5.69 Å². The summed E-state index contributed by atoms with van der Waals surface area (Å²) in [5, 5.41) is 3.21. The normalized spacial score (nSPS) is 10.2. The number of ether oxygens (including phenoxy) is 2. The van der Waals surface area contributed by atoms with Gasteiger partial charge in [-0.05, 0) is 6.42 Å². The van der Waals surface area contributed by atoms with E-state index in [1.807, 2.05) is 0 Å². The van der Waals surface area contributed by atoms with Gasteiger partial charge in [0.15, 0.2) is 0 Å². The third-order valence-electron chi connectivity index (χ3n) is 2.92. The monoisotopic (exact) mass is 309 g/mol. The number of anilines is 1. The van der Waals surface area contributed by atoms with Gasteiger partial charge in [0.25, 0.3) is 0 Å². The lowest BCUT2D eigenvalue weighted by molar-refractivity contribution is -0.116. The predicted octanol–water partition coefficient (Wildman–Crippen LogP) is 2.65. The second-order valence-electron chi connectivity index (χ2n) is 4.31. The third kappa shape index (κ3) is 3.88. The summed E-state index contributed by atoms with van der Waals surface area (Å²) in [6, 6.07) is 3.24. The molecule has 0 bridgehead atoms. The summed E-state index contributed by atoms with van der Waals surface area (Å²) in [5.41, 5.74) is 1.43. The lowest BCUT2D eigenvalue weighted by atomic mass is 10.2. The van der Waals surface area contributed by atoms with Crippen LogP contribution in [-0.4, -0.2) is 30.1 Å². The molecule has 0 unspecified atom stereocenters. The maximum Gasteiger partial charge on any atom is 0.224 e. The number of aromatic nitrogens is 2. The molecule has 2 N–H and O–H groups in total. The SMILES string of the molecule is COc1cc(NC(=O)CCc2cnc[nH]2)c(OC)cc1Cl. The van der Waals surface area contributed by atoms with Gasteiger partial charge in [-0.2, -0.15) is 0 Å². The van der Waals surface area contributed by atoms with Gasteiger partial charge < -0.3 is 19.8 Å². The van der Waals surface area contributed by atoms with Crippen molar-refractivity contribution < 1.29 is 14.3 Å². The van der Waals surface area contributed by atoms with Crippen LogP contribution in [0.5, 0.6) is 11.5 Å². The van der Waals surface area contributed by atoms with E-state index in [0.29, 0.717) is 35.1 Å². The number of nitrogens with zero attached hydrogens (tertiary/aromatic N) is 1. The van der Waals surface area contributed by atoms with Crippen molar-refractivity contribution in [1.82, 2.24) is 9.97 Å². The molecule has 0 saturated heterocycles. The maximum atomic E-state index is 12.0. The summed E-state index contributed by atoms with van der Waals surface area (Å²) in [5.74, 6) is 0.823. The number of carbonyl (C=O) groups is 1. The van der Waals surface area contributed by atoms with Crippen LogP contribution in [0.4, 0.5) is 5.69 Å². The minimum absolute atomic E-state index is 0.132. The fraction of sp³-hybridized carbons (Fsp3) is 0.286. The minimum atomic E-state index is -0.132. The number of hydrogen-bond donors (Lipinski definition) is 2. The van der Waals surface area contributed by atoms with Crippen molar-refractivity contribution >= 4 is 23.2 Å². The Hall–Kier alpha value is -2.21. The van der Waals surface area contributed by atoms with E-state index in [-0.39, 0.29) is 5.91 Å². The molecule has 0 radical (unpaired) electrons. The molecular weight excluding hydrogens is 294 g/mol. The first-order chi connectivity index (χ1) is 10.1. The van der Waals surface area contributed by atoms with Crippen molar-refractivity contribution in [2.24, 2.45) is 0 Å². The standard InChI is InChI=1S/C14H16ClN3O3/c1-20-12-6-11(13(21-2)5-10(12)15)18-14(19)4-3-9-7-16-8-17-9/h5-8H,3-4H2,1-2H3,(H,16,17)(H,18,19). The number of aryl methyl sites for hydroxylation is 1. The predicted molar refractivity (Wildman–Crippen MR) is 80.1 cm³/mol. The Balaban J connectivity index is 2.05. The van der Waals surface area contributed by atoms with Crippen molar-refractivity contribution in [1.29, 1.82) is 0 Å². The molecule has 0 saturated carbocycles. The number of hydrogen-bond acceptors (Lipinski definition) is 4. The second-order valence-corrected chi connectivity index (χ2v) is 4.72. The molecule has 6 nitrogen and oxygen atoms in total. The molecule has 2 rings (SSSR count). The summed E-state index contributed by atoms with van der Waals surface area (Å²) in [7, 11) is 3.02. The number of aromatic amines is 1. The molecule has 1 aromatic heterocycles. The van der Waals surface area contributed by atoms with Gasteiger partial charge in [-0.15, -0.1) is 0 Å².